The van der Waals surface area contributed by atoms with Crippen LogP contribution in [0.5, 0.6) is 0 Å². The molecule has 0 amide bonds. The van der Waals surface area contributed by atoms with Crippen LogP contribution >= 0.6 is 0 Å². The molecule has 1 aliphatic rings. The van der Waals surface area contributed by atoms with Gasteiger partial charge in [0, 0.05) is 22.1 Å². The van der Waals surface area contributed by atoms with E-state index in [9.17, 15) is 0 Å². The highest BCUT2D eigenvalue weighted by atomic mass is 16.3. The van der Waals surface area contributed by atoms with Crippen molar-refractivity contribution < 1.29 is 4.42 Å². The Hall–Kier alpha value is -6.64. The highest BCUT2D eigenvalue weighted by molar-refractivity contribution is 6.10. The summed E-state index contributed by atoms with van der Waals surface area (Å²) in [5, 5.41) is 2.20. The van der Waals surface area contributed by atoms with Gasteiger partial charge in [0.2, 0.25) is 0 Å². The van der Waals surface area contributed by atoms with Crippen LogP contribution in [0, 0.1) is 0 Å². The molecule has 0 saturated heterocycles. The molecule has 0 aliphatic heterocycles. The molecule has 0 atom stereocenters. The summed E-state index contributed by atoms with van der Waals surface area (Å²) in [7, 11) is 0. The molecule has 2 nitrogen and oxygen atoms in total. The molecular weight excluding hydrogens is 619 g/mol. The minimum Gasteiger partial charge on any atom is -0.454 e. The van der Waals surface area contributed by atoms with E-state index in [1.807, 2.05) is 0 Å². The predicted molar refractivity (Wildman–Crippen MR) is 211 cm³/mol. The Kier molecular flexibility index (Phi) is 6.75. The van der Waals surface area contributed by atoms with Crippen molar-refractivity contribution in [2.24, 2.45) is 0 Å². The van der Waals surface area contributed by atoms with Gasteiger partial charge in [-0.15, -0.1) is 0 Å². The third kappa shape index (κ3) is 4.50. The smallest absolute Gasteiger partial charge is 0.159 e. The lowest BCUT2D eigenvalue weighted by molar-refractivity contribution is 0.668. The van der Waals surface area contributed by atoms with Crippen molar-refractivity contribution in [1.82, 2.24) is 0 Å². The summed E-state index contributed by atoms with van der Waals surface area (Å²) < 4.78 is 6.85. The molecule has 51 heavy (non-hydrogen) atoms. The molecule has 9 aromatic rings. The van der Waals surface area contributed by atoms with Crippen LogP contribution in [0.25, 0.3) is 44.2 Å². The van der Waals surface area contributed by atoms with E-state index in [1.54, 1.807) is 0 Å². The minimum atomic E-state index is -0.472. The van der Waals surface area contributed by atoms with E-state index >= 15 is 0 Å². The SMILES string of the molecule is c1ccc(-c2ccc(N(c3ccccc3)c3cccc4c3oc3ccc(C5(c6ccccc6)c6ccccc6-c6ccccc65)cc34)cc2)cc1. The van der Waals surface area contributed by atoms with Crippen LogP contribution in [-0.2, 0) is 5.41 Å². The number of hydrogen-bond donors (Lipinski definition) is 0. The zero-order valence-electron chi connectivity index (χ0n) is 27.9. The number of para-hydroxylation sites is 2. The van der Waals surface area contributed by atoms with E-state index in [2.05, 4.69) is 205 Å². The van der Waals surface area contributed by atoms with E-state index in [0.717, 1.165) is 39.0 Å². The maximum Gasteiger partial charge on any atom is 0.159 e. The summed E-state index contributed by atoms with van der Waals surface area (Å²) >= 11 is 0. The van der Waals surface area contributed by atoms with Gasteiger partial charge in [0.1, 0.15) is 5.58 Å². The van der Waals surface area contributed by atoms with Crippen molar-refractivity contribution in [2.75, 3.05) is 4.90 Å². The number of hydrogen-bond acceptors (Lipinski definition) is 2. The van der Waals surface area contributed by atoms with Gasteiger partial charge in [-0.2, -0.15) is 0 Å². The lowest BCUT2D eigenvalue weighted by atomic mass is 9.67. The topological polar surface area (TPSA) is 16.4 Å². The molecule has 0 fully saturated rings. The molecule has 0 spiro atoms. The first-order valence-corrected chi connectivity index (χ1v) is 17.5. The number of benzene rings is 8. The molecule has 2 heteroatoms. The summed E-state index contributed by atoms with van der Waals surface area (Å²) in [6.45, 7) is 0. The second kappa shape index (κ2) is 11.8. The average molecular weight is 652 g/mol. The first-order valence-electron chi connectivity index (χ1n) is 17.5. The molecule has 1 heterocycles. The molecule has 0 unspecified atom stereocenters. The van der Waals surface area contributed by atoms with Crippen LogP contribution in [0.15, 0.2) is 205 Å². The second-order valence-electron chi connectivity index (χ2n) is 13.3. The fourth-order valence-electron chi connectivity index (χ4n) is 8.34. The summed E-state index contributed by atoms with van der Waals surface area (Å²) in [4.78, 5) is 2.30. The van der Waals surface area contributed by atoms with Crippen molar-refractivity contribution >= 4 is 39.0 Å². The highest BCUT2D eigenvalue weighted by Gasteiger charge is 2.46. The van der Waals surface area contributed by atoms with Crippen molar-refractivity contribution in [3.05, 3.63) is 222 Å². The predicted octanol–water partition coefficient (Wildman–Crippen LogP) is 13.1. The van der Waals surface area contributed by atoms with Gasteiger partial charge in [-0.1, -0.05) is 158 Å². The van der Waals surface area contributed by atoms with Crippen molar-refractivity contribution in [1.29, 1.82) is 0 Å². The lowest BCUT2D eigenvalue weighted by Crippen LogP contribution is -2.28. The van der Waals surface area contributed by atoms with Gasteiger partial charge in [0.05, 0.1) is 11.1 Å². The molecule has 0 radical (unpaired) electrons. The highest BCUT2D eigenvalue weighted by Crippen LogP contribution is 2.56. The van der Waals surface area contributed by atoms with Gasteiger partial charge in [-0.3, -0.25) is 0 Å². The van der Waals surface area contributed by atoms with Gasteiger partial charge in [0.15, 0.2) is 5.58 Å². The first-order chi connectivity index (χ1) is 25.3. The monoisotopic (exact) mass is 651 g/mol. The minimum absolute atomic E-state index is 0.472. The van der Waals surface area contributed by atoms with Crippen LogP contribution in [0.3, 0.4) is 0 Å². The molecular formula is C49H33NO. The van der Waals surface area contributed by atoms with Crippen molar-refractivity contribution in [3.63, 3.8) is 0 Å². The molecule has 10 rings (SSSR count). The van der Waals surface area contributed by atoms with Crippen LogP contribution in [-0.4, -0.2) is 0 Å². The Bertz CT molecular complexity index is 2630. The third-order valence-corrected chi connectivity index (χ3v) is 10.6. The standard InChI is InChI=1S/C49H33NO/c1-4-15-34(16-5-1)35-27-30-39(31-28-35)50(38-19-8-3-9-20-38)46-26-14-23-42-43-33-37(29-32-47(43)51-48(42)46)49(36-17-6-2-7-18-36)44-24-12-10-21-40(44)41-22-11-13-25-45(41)49/h1-33H. The van der Waals surface area contributed by atoms with Gasteiger partial charge >= 0.3 is 0 Å². The normalized spacial score (nSPS) is 12.9. The van der Waals surface area contributed by atoms with Crippen LogP contribution < -0.4 is 4.90 Å². The third-order valence-electron chi connectivity index (χ3n) is 10.6. The van der Waals surface area contributed by atoms with Crippen LogP contribution in [0.1, 0.15) is 22.3 Å². The van der Waals surface area contributed by atoms with Crippen molar-refractivity contribution in [3.8, 4) is 22.3 Å². The van der Waals surface area contributed by atoms with E-state index in [0.29, 0.717) is 0 Å². The Balaban J connectivity index is 1.18. The number of anilines is 3. The fourth-order valence-corrected chi connectivity index (χ4v) is 8.34. The zero-order chi connectivity index (χ0) is 33.8. The molecule has 240 valence electrons. The fraction of sp³-hybridized carbons (Fsp3) is 0.0204. The van der Waals surface area contributed by atoms with Gasteiger partial charge in [-0.05, 0) is 87.0 Å². The molecule has 0 bridgehead atoms. The maximum atomic E-state index is 6.85. The number of rotatable bonds is 6. The quantitative estimate of drug-likeness (QED) is 0.178. The Morgan fingerprint density at radius 2 is 0.961 bits per heavy atom. The van der Waals surface area contributed by atoms with E-state index < -0.39 is 5.41 Å². The second-order valence-corrected chi connectivity index (χ2v) is 13.3. The maximum absolute atomic E-state index is 6.85. The number of furan rings is 1. The molecule has 1 aromatic heterocycles. The Morgan fingerprint density at radius 3 is 1.65 bits per heavy atom. The number of nitrogens with zero attached hydrogens (tertiary/aromatic N) is 1. The lowest BCUT2D eigenvalue weighted by Gasteiger charge is -2.33. The summed E-state index contributed by atoms with van der Waals surface area (Å²) in [5.74, 6) is 0. The molecule has 1 aliphatic carbocycles. The van der Waals surface area contributed by atoms with Crippen LogP contribution in [0.2, 0.25) is 0 Å². The van der Waals surface area contributed by atoms with E-state index in [4.69, 9.17) is 4.42 Å². The average Bonchev–Trinajstić information content (AvgIpc) is 3.74. The first kappa shape index (κ1) is 29.3. The Labute approximate surface area is 297 Å². The van der Waals surface area contributed by atoms with E-state index in [1.165, 1.54) is 44.5 Å². The van der Waals surface area contributed by atoms with Crippen molar-refractivity contribution in [2.45, 2.75) is 5.41 Å². The zero-order valence-corrected chi connectivity index (χ0v) is 27.9. The summed E-state index contributed by atoms with van der Waals surface area (Å²) in [6.07, 6.45) is 0. The largest absolute Gasteiger partial charge is 0.454 e. The van der Waals surface area contributed by atoms with Gasteiger partial charge in [0.25, 0.3) is 0 Å². The summed E-state index contributed by atoms with van der Waals surface area (Å²) in [5.41, 5.74) is 14.4. The van der Waals surface area contributed by atoms with Gasteiger partial charge < -0.3 is 9.32 Å². The summed E-state index contributed by atoms with van der Waals surface area (Å²) in [6, 6.07) is 72.0. The molecule has 0 N–H and O–H groups in total. The Morgan fingerprint density at radius 1 is 0.392 bits per heavy atom. The van der Waals surface area contributed by atoms with E-state index in [-0.39, 0.29) is 0 Å². The van der Waals surface area contributed by atoms with Crippen LogP contribution in [0.4, 0.5) is 17.1 Å². The number of fused-ring (bicyclic) bond motifs is 6. The van der Waals surface area contributed by atoms with Gasteiger partial charge in [-0.25, -0.2) is 0 Å². The molecule has 8 aromatic carbocycles. The molecule has 0 saturated carbocycles.